The molecule has 0 bridgehead atoms. The van der Waals surface area contributed by atoms with E-state index in [-0.39, 0.29) is 26.3 Å². The van der Waals surface area contributed by atoms with Gasteiger partial charge in [0.1, 0.15) is 0 Å². The van der Waals surface area contributed by atoms with E-state index in [2.05, 4.69) is 0 Å². The minimum atomic E-state index is -5.14. The first-order chi connectivity index (χ1) is 9.60. The summed E-state index contributed by atoms with van der Waals surface area (Å²) in [5.41, 5.74) is -3.37. The van der Waals surface area contributed by atoms with Gasteiger partial charge in [0.15, 0.2) is 0 Å². The second kappa shape index (κ2) is 8.03. The van der Waals surface area contributed by atoms with E-state index in [1.807, 2.05) is 0 Å². The van der Waals surface area contributed by atoms with Crippen LogP contribution in [-0.4, -0.2) is 74.2 Å². The van der Waals surface area contributed by atoms with E-state index in [4.69, 9.17) is 14.6 Å². The van der Waals surface area contributed by atoms with Crippen molar-refractivity contribution in [1.82, 2.24) is 10.2 Å². The third kappa shape index (κ3) is 5.38. The number of amides is 2. The highest BCUT2D eigenvalue weighted by molar-refractivity contribution is 5.86. The topological polar surface area (TPSA) is 88.1 Å². The van der Waals surface area contributed by atoms with Crippen LogP contribution in [0.4, 0.5) is 18.0 Å². The standard InChI is InChI=1S/C11H19F3N2O5/c1-10(8(17)18,11(12,13)14)15-9(19)16(4-6-20-2)5-7-21-3/h4-7H2,1-3H3,(H,15,19)(H,17,18). The fraction of sp³-hybridized carbons (Fsp3) is 0.818. The molecule has 2 amide bonds. The molecule has 0 aliphatic carbocycles. The smallest absolute Gasteiger partial charge is 0.422 e. The van der Waals surface area contributed by atoms with Crippen molar-refractivity contribution in [3.05, 3.63) is 0 Å². The number of halogens is 3. The molecule has 0 aromatic heterocycles. The van der Waals surface area contributed by atoms with E-state index in [1.54, 1.807) is 0 Å². The molecule has 0 aliphatic heterocycles. The third-order valence-electron chi connectivity index (χ3n) is 2.77. The zero-order chi connectivity index (χ0) is 16.7. The summed E-state index contributed by atoms with van der Waals surface area (Å²) in [6, 6.07) is -1.16. The van der Waals surface area contributed by atoms with E-state index in [9.17, 15) is 22.8 Å². The van der Waals surface area contributed by atoms with Crippen molar-refractivity contribution in [2.24, 2.45) is 0 Å². The number of carbonyl (C=O) groups is 2. The molecular weight excluding hydrogens is 297 g/mol. The van der Waals surface area contributed by atoms with Gasteiger partial charge in [-0.2, -0.15) is 13.2 Å². The molecule has 0 rings (SSSR count). The summed E-state index contributed by atoms with van der Waals surface area (Å²) in [4.78, 5) is 23.7. The van der Waals surface area contributed by atoms with Crippen molar-refractivity contribution in [3.63, 3.8) is 0 Å². The second-order valence-electron chi connectivity index (χ2n) is 4.33. The van der Waals surface area contributed by atoms with Gasteiger partial charge in [-0.05, 0) is 6.92 Å². The molecule has 1 unspecified atom stereocenters. The van der Waals surface area contributed by atoms with Gasteiger partial charge in [0.2, 0.25) is 5.54 Å². The molecule has 10 heteroatoms. The lowest BCUT2D eigenvalue weighted by Gasteiger charge is -2.32. The monoisotopic (exact) mass is 316 g/mol. The van der Waals surface area contributed by atoms with Crippen LogP contribution in [0.3, 0.4) is 0 Å². The predicted octanol–water partition coefficient (Wildman–Crippen LogP) is 0.696. The van der Waals surface area contributed by atoms with Crippen LogP contribution < -0.4 is 5.32 Å². The Hall–Kier alpha value is -1.55. The highest BCUT2D eigenvalue weighted by atomic mass is 19.4. The summed E-state index contributed by atoms with van der Waals surface area (Å²) in [6.07, 6.45) is -5.14. The van der Waals surface area contributed by atoms with Crippen LogP contribution in [0.15, 0.2) is 0 Å². The molecule has 0 saturated heterocycles. The number of ether oxygens (including phenoxy) is 2. The van der Waals surface area contributed by atoms with E-state index in [0.717, 1.165) is 4.90 Å². The molecule has 0 aliphatic rings. The first-order valence-corrected chi connectivity index (χ1v) is 5.95. The number of nitrogens with zero attached hydrogens (tertiary/aromatic N) is 1. The summed E-state index contributed by atoms with van der Waals surface area (Å²) in [6.45, 7) is 0.566. The lowest BCUT2D eigenvalue weighted by Crippen LogP contribution is -2.64. The molecule has 0 fully saturated rings. The summed E-state index contributed by atoms with van der Waals surface area (Å²) >= 11 is 0. The number of urea groups is 1. The second-order valence-corrected chi connectivity index (χ2v) is 4.33. The summed E-state index contributed by atoms with van der Waals surface area (Å²) in [5.74, 6) is -2.19. The molecular formula is C11H19F3N2O5. The number of hydrogen-bond donors (Lipinski definition) is 2. The normalized spacial score (nSPS) is 14.4. The van der Waals surface area contributed by atoms with Crippen molar-refractivity contribution in [3.8, 4) is 0 Å². The Labute approximate surface area is 120 Å². The predicted molar refractivity (Wildman–Crippen MR) is 66.0 cm³/mol. The first-order valence-electron chi connectivity index (χ1n) is 5.95. The highest BCUT2D eigenvalue weighted by Gasteiger charge is 2.58. The fourth-order valence-electron chi connectivity index (χ4n) is 1.26. The Morgan fingerprint density at radius 2 is 1.57 bits per heavy atom. The largest absolute Gasteiger partial charge is 0.479 e. The Morgan fingerprint density at radius 3 is 1.86 bits per heavy atom. The average Bonchev–Trinajstić information content (AvgIpc) is 2.37. The number of nitrogens with one attached hydrogen (secondary N) is 1. The van der Waals surface area contributed by atoms with Crippen LogP contribution in [0, 0.1) is 0 Å². The zero-order valence-electron chi connectivity index (χ0n) is 12.0. The van der Waals surface area contributed by atoms with Crippen molar-refractivity contribution >= 4 is 12.0 Å². The average molecular weight is 316 g/mol. The van der Waals surface area contributed by atoms with Gasteiger partial charge in [-0.3, -0.25) is 0 Å². The summed E-state index contributed by atoms with van der Waals surface area (Å²) in [7, 11) is 2.73. The highest BCUT2D eigenvalue weighted by Crippen LogP contribution is 2.30. The summed E-state index contributed by atoms with van der Waals surface area (Å²) < 4.78 is 48.0. The van der Waals surface area contributed by atoms with Gasteiger partial charge in [0.05, 0.1) is 13.2 Å². The molecule has 0 heterocycles. The number of carboxylic acid groups (broad SMARTS) is 1. The molecule has 0 spiro atoms. The maximum atomic E-state index is 12.8. The number of carboxylic acids is 1. The number of hydrogen-bond acceptors (Lipinski definition) is 4. The minimum Gasteiger partial charge on any atom is -0.479 e. The lowest BCUT2D eigenvalue weighted by atomic mass is 10.0. The van der Waals surface area contributed by atoms with Gasteiger partial charge >= 0.3 is 18.2 Å². The zero-order valence-corrected chi connectivity index (χ0v) is 12.0. The van der Waals surface area contributed by atoms with E-state index < -0.39 is 23.7 Å². The maximum Gasteiger partial charge on any atom is 0.422 e. The number of carbonyl (C=O) groups excluding carboxylic acids is 1. The fourth-order valence-corrected chi connectivity index (χ4v) is 1.26. The maximum absolute atomic E-state index is 12.8. The van der Waals surface area contributed by atoms with Gasteiger partial charge in [-0.15, -0.1) is 0 Å². The number of aliphatic carboxylic acids is 1. The molecule has 21 heavy (non-hydrogen) atoms. The van der Waals surface area contributed by atoms with Crippen molar-refractivity contribution in [2.45, 2.75) is 18.6 Å². The first kappa shape index (κ1) is 19.4. The van der Waals surface area contributed by atoms with Gasteiger partial charge in [-0.1, -0.05) is 0 Å². The number of alkyl halides is 3. The van der Waals surface area contributed by atoms with Crippen LogP contribution in [0.5, 0.6) is 0 Å². The molecule has 0 aromatic carbocycles. The Kier molecular flexibility index (Phi) is 7.44. The third-order valence-corrected chi connectivity index (χ3v) is 2.77. The number of rotatable bonds is 8. The van der Waals surface area contributed by atoms with Crippen molar-refractivity contribution < 1.29 is 37.3 Å². The number of methoxy groups -OCH3 is 2. The lowest BCUT2D eigenvalue weighted by molar-refractivity contribution is -0.203. The minimum absolute atomic E-state index is 0.000745. The van der Waals surface area contributed by atoms with E-state index in [0.29, 0.717) is 6.92 Å². The molecule has 0 aromatic rings. The molecule has 0 radical (unpaired) electrons. The van der Waals surface area contributed by atoms with Gasteiger partial charge in [0.25, 0.3) is 0 Å². The van der Waals surface area contributed by atoms with E-state index in [1.165, 1.54) is 19.5 Å². The van der Waals surface area contributed by atoms with Crippen LogP contribution >= 0.6 is 0 Å². The Bertz CT molecular complexity index is 356. The quantitative estimate of drug-likeness (QED) is 0.688. The Morgan fingerprint density at radius 1 is 1.14 bits per heavy atom. The van der Waals surface area contributed by atoms with Crippen LogP contribution in [-0.2, 0) is 14.3 Å². The molecule has 2 N–H and O–H groups in total. The van der Waals surface area contributed by atoms with Crippen LogP contribution in [0.2, 0.25) is 0 Å². The van der Waals surface area contributed by atoms with E-state index >= 15 is 0 Å². The molecule has 7 nitrogen and oxygen atoms in total. The molecule has 0 saturated carbocycles. The molecule has 1 atom stereocenters. The van der Waals surface area contributed by atoms with Crippen LogP contribution in [0.25, 0.3) is 0 Å². The summed E-state index contributed by atoms with van der Waals surface area (Å²) in [5, 5.41) is 10.3. The Balaban J connectivity index is 5.03. The van der Waals surface area contributed by atoms with Gasteiger partial charge in [0, 0.05) is 27.3 Å². The van der Waals surface area contributed by atoms with Crippen molar-refractivity contribution in [1.29, 1.82) is 0 Å². The molecule has 124 valence electrons. The van der Waals surface area contributed by atoms with Crippen LogP contribution in [0.1, 0.15) is 6.92 Å². The van der Waals surface area contributed by atoms with Crippen molar-refractivity contribution in [2.75, 3.05) is 40.5 Å². The SMILES string of the molecule is COCCN(CCOC)C(=O)NC(C)(C(=O)O)C(F)(F)F. The van der Waals surface area contributed by atoms with Gasteiger partial charge in [-0.25, -0.2) is 9.59 Å². The van der Waals surface area contributed by atoms with Gasteiger partial charge < -0.3 is 24.8 Å².